The van der Waals surface area contributed by atoms with E-state index in [1.165, 1.54) is 0 Å². The first kappa shape index (κ1) is 13.6. The first-order valence-corrected chi connectivity index (χ1v) is 7.98. The van der Waals surface area contributed by atoms with Crippen molar-refractivity contribution >= 4 is 26.6 Å². The molecule has 21 heavy (non-hydrogen) atoms. The van der Waals surface area contributed by atoms with Gasteiger partial charge in [0, 0.05) is 11.6 Å². The Labute approximate surface area is 123 Å². The molecule has 106 valence electrons. The Kier molecular flexibility index (Phi) is 3.35. The van der Waals surface area contributed by atoms with E-state index in [0.717, 1.165) is 10.9 Å². The van der Waals surface area contributed by atoms with Gasteiger partial charge in [-0.2, -0.15) is 0 Å². The lowest BCUT2D eigenvalue weighted by Gasteiger charge is -2.10. The molecule has 1 N–H and O–H groups in total. The quantitative estimate of drug-likeness (QED) is 0.806. The van der Waals surface area contributed by atoms with Crippen LogP contribution in [0.3, 0.4) is 0 Å². The molecule has 0 atom stereocenters. The third kappa shape index (κ3) is 2.73. The standard InChI is InChI=1S/C16H14N2O2S/c1-12-9-10-16(17-11-12)18-21(19,20)15-8-4-6-13-5-2-3-7-14(13)15/h2-11H,1H3,(H,17,18). The Morgan fingerprint density at radius 2 is 1.71 bits per heavy atom. The van der Waals surface area contributed by atoms with Crippen LogP contribution in [0.15, 0.2) is 65.7 Å². The Balaban J connectivity index is 2.06. The Hall–Kier alpha value is -2.40. The molecule has 0 aliphatic carbocycles. The third-order valence-electron chi connectivity index (χ3n) is 3.19. The largest absolute Gasteiger partial charge is 0.263 e. The van der Waals surface area contributed by atoms with Crippen LogP contribution >= 0.6 is 0 Å². The second-order valence-electron chi connectivity index (χ2n) is 4.80. The van der Waals surface area contributed by atoms with Gasteiger partial charge in [0.25, 0.3) is 10.0 Å². The molecule has 1 aromatic heterocycles. The summed E-state index contributed by atoms with van der Waals surface area (Å²) in [5.74, 6) is 0.313. The van der Waals surface area contributed by atoms with E-state index in [1.54, 1.807) is 30.5 Å². The first-order valence-electron chi connectivity index (χ1n) is 6.49. The zero-order valence-electron chi connectivity index (χ0n) is 11.4. The van der Waals surface area contributed by atoms with Crippen LogP contribution in [0, 0.1) is 6.92 Å². The average Bonchev–Trinajstić information content (AvgIpc) is 2.49. The molecule has 2 aromatic carbocycles. The smallest absolute Gasteiger partial charge is 0.263 e. The molecule has 0 aliphatic heterocycles. The molecular formula is C16H14N2O2S. The lowest BCUT2D eigenvalue weighted by molar-refractivity contribution is 0.602. The molecule has 0 aliphatic rings. The molecule has 0 spiro atoms. The summed E-state index contributed by atoms with van der Waals surface area (Å²) in [5, 5.41) is 1.58. The van der Waals surface area contributed by atoms with Gasteiger partial charge in [-0.15, -0.1) is 0 Å². The molecule has 0 radical (unpaired) electrons. The molecule has 0 saturated heterocycles. The molecular weight excluding hydrogens is 284 g/mol. The van der Waals surface area contributed by atoms with Gasteiger partial charge in [-0.05, 0) is 30.0 Å². The van der Waals surface area contributed by atoms with Gasteiger partial charge in [-0.1, -0.05) is 42.5 Å². The molecule has 5 heteroatoms. The van der Waals surface area contributed by atoms with Crippen molar-refractivity contribution in [1.29, 1.82) is 0 Å². The van der Waals surface area contributed by atoms with Crippen LogP contribution in [-0.4, -0.2) is 13.4 Å². The summed E-state index contributed by atoms with van der Waals surface area (Å²) in [5.41, 5.74) is 0.975. The van der Waals surface area contributed by atoms with Crippen LogP contribution in [0.5, 0.6) is 0 Å². The third-order valence-corrected chi connectivity index (χ3v) is 4.60. The van der Waals surface area contributed by atoms with E-state index in [0.29, 0.717) is 11.2 Å². The Morgan fingerprint density at radius 1 is 0.952 bits per heavy atom. The van der Waals surface area contributed by atoms with Gasteiger partial charge in [0.15, 0.2) is 0 Å². The summed E-state index contributed by atoms with van der Waals surface area (Å²) in [4.78, 5) is 4.33. The number of hydrogen-bond acceptors (Lipinski definition) is 3. The van der Waals surface area contributed by atoms with E-state index in [-0.39, 0.29) is 4.90 Å². The van der Waals surface area contributed by atoms with E-state index in [1.807, 2.05) is 37.3 Å². The number of aryl methyl sites for hydroxylation is 1. The Morgan fingerprint density at radius 3 is 2.48 bits per heavy atom. The number of benzene rings is 2. The fraction of sp³-hybridized carbons (Fsp3) is 0.0625. The second kappa shape index (κ2) is 5.18. The first-order chi connectivity index (χ1) is 10.1. The number of rotatable bonds is 3. The van der Waals surface area contributed by atoms with Crippen molar-refractivity contribution in [2.45, 2.75) is 11.8 Å². The number of hydrogen-bond donors (Lipinski definition) is 1. The highest BCUT2D eigenvalue weighted by Crippen LogP contribution is 2.24. The van der Waals surface area contributed by atoms with Crippen molar-refractivity contribution in [3.63, 3.8) is 0 Å². The maximum atomic E-state index is 12.5. The molecule has 0 unspecified atom stereocenters. The molecule has 4 nitrogen and oxygen atoms in total. The highest BCUT2D eigenvalue weighted by molar-refractivity contribution is 7.93. The van der Waals surface area contributed by atoms with Crippen molar-refractivity contribution in [1.82, 2.24) is 4.98 Å². The van der Waals surface area contributed by atoms with Gasteiger partial charge in [-0.25, -0.2) is 13.4 Å². The van der Waals surface area contributed by atoms with Gasteiger partial charge in [0.1, 0.15) is 5.82 Å². The number of fused-ring (bicyclic) bond motifs is 1. The summed E-state index contributed by atoms with van der Waals surface area (Å²) in [6.07, 6.45) is 1.63. The van der Waals surface area contributed by atoms with Crippen molar-refractivity contribution in [3.05, 3.63) is 66.4 Å². The number of anilines is 1. The van der Waals surface area contributed by atoms with Gasteiger partial charge in [0.2, 0.25) is 0 Å². The maximum absolute atomic E-state index is 12.5. The van der Waals surface area contributed by atoms with Gasteiger partial charge >= 0.3 is 0 Å². The summed E-state index contributed by atoms with van der Waals surface area (Å²) < 4.78 is 27.6. The average molecular weight is 298 g/mol. The van der Waals surface area contributed by atoms with Crippen molar-refractivity contribution in [3.8, 4) is 0 Å². The van der Waals surface area contributed by atoms with Gasteiger partial charge in [0.05, 0.1) is 4.90 Å². The maximum Gasteiger partial charge on any atom is 0.263 e. The van der Waals surface area contributed by atoms with Crippen molar-refractivity contribution < 1.29 is 8.42 Å². The lowest BCUT2D eigenvalue weighted by Crippen LogP contribution is -2.14. The summed E-state index contributed by atoms with van der Waals surface area (Å²) in [6, 6.07) is 16.1. The summed E-state index contributed by atoms with van der Waals surface area (Å²) >= 11 is 0. The number of pyridine rings is 1. The minimum Gasteiger partial charge on any atom is -0.263 e. The SMILES string of the molecule is Cc1ccc(NS(=O)(=O)c2cccc3ccccc23)nc1. The number of nitrogens with zero attached hydrogens (tertiary/aromatic N) is 1. The van der Waals surface area contributed by atoms with E-state index in [4.69, 9.17) is 0 Å². The van der Waals surface area contributed by atoms with Crippen LogP contribution < -0.4 is 4.72 Å². The molecule has 0 fully saturated rings. The number of aromatic nitrogens is 1. The molecule has 1 heterocycles. The zero-order chi connectivity index (χ0) is 14.9. The zero-order valence-corrected chi connectivity index (χ0v) is 12.3. The number of nitrogens with one attached hydrogen (secondary N) is 1. The van der Waals surface area contributed by atoms with E-state index in [9.17, 15) is 8.42 Å². The molecule has 3 aromatic rings. The van der Waals surface area contributed by atoms with Crippen LogP contribution in [0.2, 0.25) is 0 Å². The van der Waals surface area contributed by atoms with E-state index in [2.05, 4.69) is 9.71 Å². The molecule has 3 rings (SSSR count). The molecule has 0 saturated carbocycles. The van der Waals surface area contributed by atoms with Crippen LogP contribution in [0.25, 0.3) is 10.8 Å². The van der Waals surface area contributed by atoms with Crippen LogP contribution in [-0.2, 0) is 10.0 Å². The highest BCUT2D eigenvalue weighted by atomic mass is 32.2. The second-order valence-corrected chi connectivity index (χ2v) is 6.45. The predicted octanol–water partition coefficient (Wildman–Crippen LogP) is 3.34. The molecule has 0 bridgehead atoms. The minimum absolute atomic E-state index is 0.253. The molecule has 0 amide bonds. The van der Waals surface area contributed by atoms with E-state index >= 15 is 0 Å². The van der Waals surface area contributed by atoms with E-state index < -0.39 is 10.0 Å². The fourth-order valence-corrected chi connectivity index (χ4v) is 3.39. The highest BCUT2D eigenvalue weighted by Gasteiger charge is 2.17. The Bertz CT molecular complexity index is 882. The van der Waals surface area contributed by atoms with Crippen LogP contribution in [0.4, 0.5) is 5.82 Å². The van der Waals surface area contributed by atoms with Crippen molar-refractivity contribution in [2.24, 2.45) is 0 Å². The van der Waals surface area contributed by atoms with Gasteiger partial charge in [-0.3, -0.25) is 4.72 Å². The monoisotopic (exact) mass is 298 g/mol. The predicted molar refractivity (Wildman–Crippen MR) is 83.7 cm³/mol. The fourth-order valence-electron chi connectivity index (χ4n) is 2.15. The van der Waals surface area contributed by atoms with Crippen molar-refractivity contribution in [2.75, 3.05) is 4.72 Å². The summed E-state index contributed by atoms with van der Waals surface area (Å²) in [6.45, 7) is 1.90. The van der Waals surface area contributed by atoms with Gasteiger partial charge < -0.3 is 0 Å². The minimum atomic E-state index is -3.67. The lowest BCUT2D eigenvalue weighted by atomic mass is 10.1. The number of sulfonamides is 1. The normalized spacial score (nSPS) is 11.5. The summed E-state index contributed by atoms with van der Waals surface area (Å²) in [7, 11) is -3.67. The van der Waals surface area contributed by atoms with Crippen LogP contribution in [0.1, 0.15) is 5.56 Å². The topological polar surface area (TPSA) is 59.1 Å².